The maximum Gasteiger partial charge on any atom is 0.313 e. The summed E-state index contributed by atoms with van der Waals surface area (Å²) in [5.41, 5.74) is 0.438. The highest BCUT2D eigenvalue weighted by Gasteiger charge is 2.14. The van der Waals surface area contributed by atoms with Gasteiger partial charge in [-0.05, 0) is 24.3 Å². The van der Waals surface area contributed by atoms with Gasteiger partial charge >= 0.3 is 11.8 Å². The molecule has 1 aromatic rings. The fraction of sp³-hybridized carbons (Fsp3) is 0.533. The van der Waals surface area contributed by atoms with Crippen LogP contribution in [-0.2, 0) is 16.6 Å². The summed E-state index contributed by atoms with van der Waals surface area (Å²) in [7, 11) is 1.57. The zero-order valence-corrected chi connectivity index (χ0v) is 13.0. The molecular formula is C15H23N3O3. The molecule has 0 atom stereocenters. The van der Waals surface area contributed by atoms with E-state index in [9.17, 15) is 14.4 Å². The quantitative estimate of drug-likeness (QED) is 0.648. The minimum atomic E-state index is -0.732. The second kappa shape index (κ2) is 7.06. The number of nitrogens with zero attached hydrogens (tertiary/aromatic N) is 1. The fourth-order valence-corrected chi connectivity index (χ4v) is 1.76. The molecule has 116 valence electrons. The molecule has 2 N–H and O–H groups in total. The first kappa shape index (κ1) is 16.9. The van der Waals surface area contributed by atoms with E-state index in [1.807, 2.05) is 0 Å². The number of anilines is 1. The number of rotatable bonds is 4. The molecule has 0 radical (unpaired) electrons. The molecule has 0 aromatic carbocycles. The predicted molar refractivity (Wildman–Crippen MR) is 82.0 cm³/mol. The van der Waals surface area contributed by atoms with Crippen LogP contribution in [0.2, 0.25) is 0 Å². The van der Waals surface area contributed by atoms with Crippen LogP contribution in [0.1, 0.15) is 33.6 Å². The Kier molecular flexibility index (Phi) is 5.69. The predicted octanol–water partition coefficient (Wildman–Crippen LogP) is 1.27. The van der Waals surface area contributed by atoms with Crippen molar-refractivity contribution >= 4 is 17.5 Å². The fourth-order valence-electron chi connectivity index (χ4n) is 1.76. The van der Waals surface area contributed by atoms with Gasteiger partial charge in [-0.3, -0.25) is 14.4 Å². The van der Waals surface area contributed by atoms with Gasteiger partial charge in [-0.25, -0.2) is 0 Å². The van der Waals surface area contributed by atoms with Crippen molar-refractivity contribution in [3.63, 3.8) is 0 Å². The zero-order chi connectivity index (χ0) is 16.0. The van der Waals surface area contributed by atoms with Crippen LogP contribution in [0, 0.1) is 5.41 Å². The summed E-state index contributed by atoms with van der Waals surface area (Å²) < 4.78 is 1.33. The maximum absolute atomic E-state index is 11.7. The van der Waals surface area contributed by atoms with E-state index in [1.165, 1.54) is 22.9 Å². The standard InChI is InChI=1S/C15H23N3O3/c1-15(2,3)8-5-9-16-13(20)14(21)17-11-6-7-12(19)18(4)10-11/h6-7,10H,5,8-9H2,1-4H3,(H,16,20)(H,17,21). The van der Waals surface area contributed by atoms with Crippen LogP contribution < -0.4 is 16.2 Å². The normalized spacial score (nSPS) is 11.0. The average Bonchev–Trinajstić information content (AvgIpc) is 2.37. The Morgan fingerprint density at radius 1 is 1.19 bits per heavy atom. The molecule has 1 aromatic heterocycles. The molecule has 1 heterocycles. The number of hydrogen-bond acceptors (Lipinski definition) is 3. The van der Waals surface area contributed by atoms with Crippen molar-refractivity contribution in [1.82, 2.24) is 9.88 Å². The van der Waals surface area contributed by atoms with E-state index in [2.05, 4.69) is 31.4 Å². The number of pyridine rings is 1. The summed E-state index contributed by atoms with van der Waals surface area (Å²) in [5.74, 6) is -1.40. The van der Waals surface area contributed by atoms with Crippen LogP contribution in [0.5, 0.6) is 0 Å². The Bertz CT molecular complexity index is 570. The highest BCUT2D eigenvalue weighted by atomic mass is 16.2. The first-order valence-electron chi connectivity index (χ1n) is 6.95. The molecule has 0 aliphatic carbocycles. The number of aromatic nitrogens is 1. The van der Waals surface area contributed by atoms with Crippen molar-refractivity contribution in [2.75, 3.05) is 11.9 Å². The Labute approximate surface area is 124 Å². The van der Waals surface area contributed by atoms with E-state index in [0.717, 1.165) is 12.8 Å². The van der Waals surface area contributed by atoms with Crippen molar-refractivity contribution in [2.45, 2.75) is 33.6 Å². The lowest BCUT2D eigenvalue weighted by molar-refractivity contribution is -0.136. The Hall–Kier alpha value is -2.11. The van der Waals surface area contributed by atoms with Crippen LogP contribution >= 0.6 is 0 Å². The summed E-state index contributed by atoms with van der Waals surface area (Å²) in [6.07, 6.45) is 3.26. The SMILES string of the molecule is Cn1cc(NC(=O)C(=O)NCCCC(C)(C)C)ccc1=O. The molecule has 0 saturated heterocycles. The van der Waals surface area contributed by atoms with Crippen LogP contribution in [0.4, 0.5) is 5.69 Å². The Balaban J connectivity index is 2.42. The molecule has 0 aliphatic heterocycles. The molecule has 0 fully saturated rings. The van der Waals surface area contributed by atoms with Crippen molar-refractivity contribution in [3.8, 4) is 0 Å². The highest BCUT2D eigenvalue weighted by molar-refractivity contribution is 6.39. The highest BCUT2D eigenvalue weighted by Crippen LogP contribution is 2.19. The number of carbonyl (C=O) groups excluding carboxylic acids is 2. The third kappa shape index (κ3) is 6.25. The van der Waals surface area contributed by atoms with Crippen molar-refractivity contribution in [2.24, 2.45) is 12.5 Å². The van der Waals surface area contributed by atoms with E-state index in [4.69, 9.17) is 0 Å². The topological polar surface area (TPSA) is 80.2 Å². The minimum absolute atomic E-state index is 0.181. The number of aryl methyl sites for hydroxylation is 1. The molecule has 1 rings (SSSR count). The van der Waals surface area contributed by atoms with Gasteiger partial charge in [0, 0.05) is 25.9 Å². The van der Waals surface area contributed by atoms with Crippen LogP contribution in [-0.4, -0.2) is 22.9 Å². The van der Waals surface area contributed by atoms with Crippen molar-refractivity contribution in [3.05, 3.63) is 28.7 Å². The van der Waals surface area contributed by atoms with E-state index in [1.54, 1.807) is 7.05 Å². The molecule has 6 heteroatoms. The second-order valence-electron chi connectivity index (χ2n) is 6.24. The zero-order valence-electron chi connectivity index (χ0n) is 13.0. The summed E-state index contributed by atoms with van der Waals surface area (Å²) in [6.45, 7) is 6.85. The van der Waals surface area contributed by atoms with Gasteiger partial charge in [-0.15, -0.1) is 0 Å². The van der Waals surface area contributed by atoms with Gasteiger partial charge in [0.05, 0.1) is 5.69 Å². The lowest BCUT2D eigenvalue weighted by Crippen LogP contribution is -2.36. The molecule has 0 unspecified atom stereocenters. The Morgan fingerprint density at radius 2 is 1.86 bits per heavy atom. The van der Waals surface area contributed by atoms with Gasteiger partial charge in [0.25, 0.3) is 0 Å². The molecule has 0 spiro atoms. The van der Waals surface area contributed by atoms with Gasteiger partial charge in [-0.1, -0.05) is 20.8 Å². The molecule has 0 saturated carbocycles. The molecule has 6 nitrogen and oxygen atoms in total. The third-order valence-corrected chi connectivity index (χ3v) is 2.94. The summed E-state index contributed by atoms with van der Waals surface area (Å²) in [4.78, 5) is 34.5. The maximum atomic E-state index is 11.7. The van der Waals surface area contributed by atoms with Gasteiger partial charge in [0.1, 0.15) is 0 Å². The lowest BCUT2D eigenvalue weighted by Gasteiger charge is -2.17. The number of amides is 2. The lowest BCUT2D eigenvalue weighted by atomic mass is 9.91. The van der Waals surface area contributed by atoms with Crippen LogP contribution in [0.15, 0.2) is 23.1 Å². The second-order valence-corrected chi connectivity index (χ2v) is 6.24. The van der Waals surface area contributed by atoms with E-state index >= 15 is 0 Å². The Morgan fingerprint density at radius 3 is 2.43 bits per heavy atom. The van der Waals surface area contributed by atoms with Crippen molar-refractivity contribution in [1.29, 1.82) is 0 Å². The minimum Gasteiger partial charge on any atom is -0.348 e. The van der Waals surface area contributed by atoms with Gasteiger partial charge in [0.2, 0.25) is 5.56 Å². The molecule has 21 heavy (non-hydrogen) atoms. The van der Waals surface area contributed by atoms with Crippen LogP contribution in [0.25, 0.3) is 0 Å². The van der Waals surface area contributed by atoms with Crippen LogP contribution in [0.3, 0.4) is 0 Å². The van der Waals surface area contributed by atoms with E-state index in [-0.39, 0.29) is 11.0 Å². The summed E-state index contributed by atoms with van der Waals surface area (Å²) >= 11 is 0. The summed E-state index contributed by atoms with van der Waals surface area (Å²) in [5, 5.41) is 5.04. The number of carbonyl (C=O) groups is 2. The average molecular weight is 293 g/mol. The molecule has 2 amide bonds. The molecule has 0 bridgehead atoms. The van der Waals surface area contributed by atoms with Crippen molar-refractivity contribution < 1.29 is 9.59 Å². The van der Waals surface area contributed by atoms with E-state index in [0.29, 0.717) is 12.2 Å². The first-order chi connectivity index (χ1) is 9.69. The smallest absolute Gasteiger partial charge is 0.313 e. The first-order valence-corrected chi connectivity index (χ1v) is 6.95. The monoisotopic (exact) mass is 293 g/mol. The number of hydrogen-bond donors (Lipinski definition) is 2. The van der Waals surface area contributed by atoms with Gasteiger partial charge < -0.3 is 15.2 Å². The van der Waals surface area contributed by atoms with Gasteiger partial charge in [0.15, 0.2) is 0 Å². The third-order valence-electron chi connectivity index (χ3n) is 2.94. The molecule has 0 aliphatic rings. The molecular weight excluding hydrogens is 270 g/mol. The largest absolute Gasteiger partial charge is 0.348 e. The van der Waals surface area contributed by atoms with Gasteiger partial charge in [-0.2, -0.15) is 0 Å². The summed E-state index contributed by atoms with van der Waals surface area (Å²) in [6, 6.07) is 2.80. The van der Waals surface area contributed by atoms with E-state index < -0.39 is 11.8 Å². The number of nitrogens with one attached hydrogen (secondary N) is 2.